The van der Waals surface area contributed by atoms with E-state index in [1.165, 1.54) is 24.3 Å². The molecule has 0 saturated heterocycles. The van der Waals surface area contributed by atoms with Crippen molar-refractivity contribution in [3.05, 3.63) is 83.1 Å². The highest BCUT2D eigenvalue weighted by Gasteiger charge is 2.29. The summed E-state index contributed by atoms with van der Waals surface area (Å²) in [5.41, 5.74) is 6.37. The van der Waals surface area contributed by atoms with Gasteiger partial charge in [-0.2, -0.15) is 5.10 Å². The number of carbonyl (C=O) groups is 1. The minimum absolute atomic E-state index is 0.156. The molecule has 2 aromatic carbocycles. The first-order valence-corrected chi connectivity index (χ1v) is 9.10. The molecule has 0 bridgehead atoms. The number of nitrogens with one attached hydrogen (secondary N) is 1. The van der Waals surface area contributed by atoms with Gasteiger partial charge in [0.25, 0.3) is 0 Å². The van der Waals surface area contributed by atoms with Crippen molar-refractivity contribution < 1.29 is 18.3 Å². The Morgan fingerprint density at radius 1 is 1.11 bits per heavy atom. The number of hydrazone groups is 1. The summed E-state index contributed by atoms with van der Waals surface area (Å²) in [6.07, 6.45) is 2.42. The van der Waals surface area contributed by atoms with Gasteiger partial charge >= 0.3 is 5.97 Å². The lowest BCUT2D eigenvalue weighted by atomic mass is 9.93. The number of furan rings is 1. The lowest BCUT2D eigenvalue weighted by Gasteiger charge is -2.13. The zero-order chi connectivity index (χ0) is 19.5. The molecule has 0 spiro atoms. The van der Waals surface area contributed by atoms with Crippen molar-refractivity contribution in [2.75, 3.05) is 5.43 Å². The maximum atomic E-state index is 13.0. The number of hydrogen-bond acceptors (Lipinski definition) is 5. The van der Waals surface area contributed by atoms with Crippen LogP contribution in [0.25, 0.3) is 0 Å². The number of anilines is 1. The first-order valence-electron chi connectivity index (χ1n) is 9.10. The van der Waals surface area contributed by atoms with Crippen LogP contribution in [0.1, 0.15) is 40.3 Å². The summed E-state index contributed by atoms with van der Waals surface area (Å²) in [5.74, 6) is 0.164. The van der Waals surface area contributed by atoms with Crippen molar-refractivity contribution in [3.8, 4) is 5.75 Å². The molecule has 0 fully saturated rings. The molecule has 5 nitrogen and oxygen atoms in total. The molecule has 3 aromatic rings. The summed E-state index contributed by atoms with van der Waals surface area (Å²) in [7, 11) is 0. The van der Waals surface area contributed by atoms with Gasteiger partial charge in [-0.3, -0.25) is 5.43 Å². The number of carbonyl (C=O) groups excluding carboxylic acids is 1. The Hall–Kier alpha value is -3.41. The van der Waals surface area contributed by atoms with Crippen LogP contribution in [-0.2, 0) is 6.42 Å². The van der Waals surface area contributed by atoms with Crippen LogP contribution in [-0.4, -0.2) is 11.7 Å². The zero-order valence-electron chi connectivity index (χ0n) is 15.4. The fourth-order valence-corrected chi connectivity index (χ4v) is 3.28. The van der Waals surface area contributed by atoms with Crippen LogP contribution in [0.2, 0.25) is 0 Å². The Balaban J connectivity index is 1.59. The summed E-state index contributed by atoms with van der Waals surface area (Å²) in [6, 6.07) is 15.0. The molecule has 0 amide bonds. The number of esters is 1. The van der Waals surface area contributed by atoms with E-state index in [2.05, 4.69) is 10.5 Å². The van der Waals surface area contributed by atoms with Crippen molar-refractivity contribution in [2.45, 2.75) is 26.2 Å². The number of fused-ring (bicyclic) bond motifs is 1. The third-order valence-electron chi connectivity index (χ3n) is 4.63. The lowest BCUT2D eigenvalue weighted by molar-refractivity contribution is 0.0698. The number of benzene rings is 2. The molecule has 6 heteroatoms. The minimum Gasteiger partial charge on any atom is -0.453 e. The van der Waals surface area contributed by atoms with E-state index in [0.29, 0.717) is 5.56 Å². The van der Waals surface area contributed by atoms with Crippen LogP contribution in [0.4, 0.5) is 10.1 Å². The Morgan fingerprint density at radius 2 is 1.86 bits per heavy atom. The van der Waals surface area contributed by atoms with E-state index in [9.17, 15) is 9.18 Å². The number of aryl methyl sites for hydroxylation is 1. The molecule has 142 valence electrons. The smallest absolute Gasteiger partial charge is 0.379 e. The average molecular weight is 378 g/mol. The largest absolute Gasteiger partial charge is 0.453 e. The topological polar surface area (TPSA) is 63.8 Å². The van der Waals surface area contributed by atoms with Crippen LogP contribution in [0.5, 0.6) is 5.75 Å². The maximum absolute atomic E-state index is 13.0. The van der Waals surface area contributed by atoms with E-state index in [-0.39, 0.29) is 11.5 Å². The second-order valence-electron chi connectivity index (χ2n) is 6.59. The van der Waals surface area contributed by atoms with Gasteiger partial charge in [0.1, 0.15) is 17.3 Å². The summed E-state index contributed by atoms with van der Waals surface area (Å²) in [4.78, 5) is 12.6. The molecular formula is C22H19FN2O3. The van der Waals surface area contributed by atoms with Crippen molar-refractivity contribution in [1.29, 1.82) is 0 Å². The first kappa shape index (κ1) is 18.0. The van der Waals surface area contributed by atoms with Crippen molar-refractivity contribution >= 4 is 17.4 Å². The molecule has 1 heterocycles. The minimum atomic E-state index is -0.603. The van der Waals surface area contributed by atoms with Gasteiger partial charge in [0.15, 0.2) is 0 Å². The van der Waals surface area contributed by atoms with Gasteiger partial charge in [-0.25, -0.2) is 9.18 Å². The third-order valence-corrected chi connectivity index (χ3v) is 4.63. The Kier molecular flexibility index (Phi) is 4.93. The first-order chi connectivity index (χ1) is 13.6. The number of rotatable bonds is 4. The molecule has 0 radical (unpaired) electrons. The van der Waals surface area contributed by atoms with Crippen LogP contribution >= 0.6 is 0 Å². The van der Waals surface area contributed by atoms with E-state index in [1.54, 1.807) is 0 Å². The Labute approximate surface area is 161 Å². The van der Waals surface area contributed by atoms with Crippen molar-refractivity contribution in [1.82, 2.24) is 0 Å². The van der Waals surface area contributed by atoms with Gasteiger partial charge in [-0.05, 0) is 56.2 Å². The van der Waals surface area contributed by atoms with E-state index < -0.39 is 11.8 Å². The SMILES string of the molecule is Cc1c(C(=O)Oc2ccc(F)cc2)oc2c1/C(=N/Nc1ccccc1)CCC2. The number of ether oxygens (including phenoxy) is 1. The van der Waals surface area contributed by atoms with Crippen LogP contribution in [0.15, 0.2) is 64.1 Å². The third kappa shape index (κ3) is 3.67. The van der Waals surface area contributed by atoms with Crippen LogP contribution < -0.4 is 10.2 Å². The van der Waals surface area contributed by atoms with Crippen molar-refractivity contribution in [3.63, 3.8) is 0 Å². The maximum Gasteiger partial charge on any atom is 0.379 e. The summed E-state index contributed by atoms with van der Waals surface area (Å²) >= 11 is 0. The zero-order valence-corrected chi connectivity index (χ0v) is 15.4. The van der Waals surface area contributed by atoms with E-state index in [1.807, 2.05) is 37.3 Å². The highest BCUT2D eigenvalue weighted by Crippen LogP contribution is 2.31. The van der Waals surface area contributed by atoms with Gasteiger partial charge in [-0.15, -0.1) is 0 Å². The molecule has 4 rings (SSSR count). The van der Waals surface area contributed by atoms with Gasteiger partial charge in [0.2, 0.25) is 5.76 Å². The molecule has 1 aromatic heterocycles. The summed E-state index contributed by atoms with van der Waals surface area (Å²) in [6.45, 7) is 1.83. The molecule has 1 N–H and O–H groups in total. The molecule has 0 atom stereocenters. The Morgan fingerprint density at radius 3 is 2.61 bits per heavy atom. The van der Waals surface area contributed by atoms with Gasteiger partial charge in [0, 0.05) is 17.5 Å². The second-order valence-corrected chi connectivity index (χ2v) is 6.59. The molecule has 0 aliphatic heterocycles. The summed E-state index contributed by atoms with van der Waals surface area (Å²) in [5, 5.41) is 4.53. The monoisotopic (exact) mass is 378 g/mol. The van der Waals surface area contributed by atoms with Crippen LogP contribution in [0, 0.1) is 12.7 Å². The normalized spacial score (nSPS) is 14.6. The molecule has 28 heavy (non-hydrogen) atoms. The molecule has 0 unspecified atom stereocenters. The number of halogens is 1. The number of para-hydroxylation sites is 1. The molecule has 0 saturated carbocycles. The number of nitrogens with zero attached hydrogens (tertiary/aromatic N) is 1. The fraction of sp³-hybridized carbons (Fsp3) is 0.182. The molecular weight excluding hydrogens is 359 g/mol. The average Bonchev–Trinajstić information content (AvgIpc) is 3.06. The predicted octanol–water partition coefficient (Wildman–Crippen LogP) is 5.10. The van der Waals surface area contributed by atoms with Gasteiger partial charge in [-0.1, -0.05) is 18.2 Å². The summed E-state index contributed by atoms with van der Waals surface area (Å²) < 4.78 is 24.2. The van der Waals surface area contributed by atoms with Crippen molar-refractivity contribution in [2.24, 2.45) is 5.10 Å². The fourth-order valence-electron chi connectivity index (χ4n) is 3.28. The lowest BCUT2D eigenvalue weighted by Crippen LogP contribution is -2.13. The second kappa shape index (κ2) is 7.68. The van der Waals surface area contributed by atoms with Gasteiger partial charge < -0.3 is 9.15 Å². The predicted molar refractivity (Wildman–Crippen MR) is 104 cm³/mol. The standard InChI is InChI=1S/C22H19FN2O3/c1-14-20-18(25-24-16-6-3-2-4-7-16)8-5-9-19(20)28-21(14)22(26)27-17-12-10-15(23)11-13-17/h2-4,6-7,10-13,24H,5,8-9H2,1H3/b25-18+. The quantitative estimate of drug-likeness (QED) is 0.390. The van der Waals surface area contributed by atoms with Gasteiger partial charge in [0.05, 0.1) is 11.4 Å². The van der Waals surface area contributed by atoms with E-state index >= 15 is 0 Å². The Bertz CT molecular complexity index is 1020. The highest BCUT2D eigenvalue weighted by atomic mass is 19.1. The molecule has 1 aliphatic rings. The van der Waals surface area contributed by atoms with E-state index in [0.717, 1.165) is 42.0 Å². The van der Waals surface area contributed by atoms with E-state index in [4.69, 9.17) is 9.15 Å². The molecule has 1 aliphatic carbocycles. The van der Waals surface area contributed by atoms with Crippen LogP contribution in [0.3, 0.4) is 0 Å². The highest BCUT2D eigenvalue weighted by molar-refractivity contribution is 6.06. The number of hydrogen-bond donors (Lipinski definition) is 1.